The average molecular weight is 473 g/mol. The number of sulfonamides is 1. The monoisotopic (exact) mass is 472 g/mol. The molecule has 1 saturated heterocycles. The Labute approximate surface area is 193 Å². The Kier molecular flexibility index (Phi) is 7.83. The summed E-state index contributed by atoms with van der Waals surface area (Å²) in [4.78, 5) is 36.3. The van der Waals surface area contributed by atoms with E-state index in [-0.39, 0.29) is 54.4 Å². The van der Waals surface area contributed by atoms with E-state index in [9.17, 15) is 22.8 Å². The van der Waals surface area contributed by atoms with E-state index in [2.05, 4.69) is 16.0 Å². The zero-order valence-corrected chi connectivity index (χ0v) is 19.4. The molecular weight excluding hydrogens is 444 g/mol. The van der Waals surface area contributed by atoms with Gasteiger partial charge in [-0.05, 0) is 42.3 Å². The topological polar surface area (TPSA) is 125 Å². The number of piperazine rings is 1. The molecule has 3 rings (SSSR count). The van der Waals surface area contributed by atoms with Crippen molar-refractivity contribution in [1.82, 2.24) is 14.9 Å². The maximum atomic E-state index is 12.9. The molecule has 0 aliphatic carbocycles. The van der Waals surface area contributed by atoms with E-state index < -0.39 is 15.9 Å². The lowest BCUT2D eigenvalue weighted by molar-refractivity contribution is -0.122. The maximum absolute atomic E-state index is 12.9. The van der Waals surface area contributed by atoms with Crippen LogP contribution in [0.25, 0.3) is 0 Å². The normalized spacial score (nSPS) is 15.4. The van der Waals surface area contributed by atoms with E-state index in [0.29, 0.717) is 5.69 Å². The van der Waals surface area contributed by atoms with Crippen molar-refractivity contribution < 1.29 is 22.8 Å². The second kappa shape index (κ2) is 10.6. The van der Waals surface area contributed by atoms with Crippen molar-refractivity contribution in [3.05, 3.63) is 59.7 Å². The molecule has 2 aromatic carbocycles. The standard InChI is InChI=1S/C23H28N4O5S/c1-3-16(2)22(29)26-19-8-4-6-17(12-19)14-25-23(30)18-7-5-9-20(13-18)33(31,32)27-11-10-24-21(28)15-27/h4-9,12-13,16H,3,10-11,14-15H2,1-2H3,(H,24,28)(H,25,30)(H,26,29). The molecule has 176 valence electrons. The van der Waals surface area contributed by atoms with Crippen LogP contribution in [-0.4, -0.2) is 50.1 Å². The molecule has 1 atom stereocenters. The number of nitrogens with one attached hydrogen (secondary N) is 3. The summed E-state index contributed by atoms with van der Waals surface area (Å²) < 4.78 is 26.8. The summed E-state index contributed by atoms with van der Waals surface area (Å²) in [6.45, 7) is 4.18. The van der Waals surface area contributed by atoms with Crippen molar-refractivity contribution in [2.24, 2.45) is 5.92 Å². The van der Waals surface area contributed by atoms with Crippen molar-refractivity contribution in [2.75, 3.05) is 25.0 Å². The fourth-order valence-electron chi connectivity index (χ4n) is 3.26. The Balaban J connectivity index is 1.66. The zero-order chi connectivity index (χ0) is 24.0. The van der Waals surface area contributed by atoms with Crippen molar-refractivity contribution in [1.29, 1.82) is 0 Å². The van der Waals surface area contributed by atoms with Gasteiger partial charge in [0.05, 0.1) is 11.4 Å². The third-order valence-electron chi connectivity index (χ3n) is 5.44. The van der Waals surface area contributed by atoms with Gasteiger partial charge in [-0.25, -0.2) is 8.42 Å². The summed E-state index contributed by atoms with van der Waals surface area (Å²) >= 11 is 0. The van der Waals surface area contributed by atoms with Crippen LogP contribution < -0.4 is 16.0 Å². The minimum absolute atomic E-state index is 0.0420. The Hall–Kier alpha value is -3.24. The highest BCUT2D eigenvalue weighted by Crippen LogP contribution is 2.18. The molecule has 1 aliphatic rings. The predicted octanol–water partition coefficient (Wildman–Crippen LogP) is 1.72. The predicted molar refractivity (Wildman–Crippen MR) is 124 cm³/mol. The number of carbonyl (C=O) groups is 3. The molecule has 0 aromatic heterocycles. The first kappa shape index (κ1) is 24.4. The molecule has 3 amide bonds. The second-order valence-electron chi connectivity index (χ2n) is 7.90. The van der Waals surface area contributed by atoms with Crippen LogP contribution in [0.1, 0.15) is 36.2 Å². The molecule has 0 radical (unpaired) electrons. The lowest BCUT2D eigenvalue weighted by atomic mass is 10.1. The van der Waals surface area contributed by atoms with Crippen LogP contribution in [0.3, 0.4) is 0 Å². The molecule has 0 spiro atoms. The second-order valence-corrected chi connectivity index (χ2v) is 9.84. The number of nitrogens with zero attached hydrogens (tertiary/aromatic N) is 1. The Morgan fingerprint density at radius 2 is 1.91 bits per heavy atom. The molecule has 1 unspecified atom stereocenters. The summed E-state index contributed by atoms with van der Waals surface area (Å²) in [7, 11) is -3.89. The fraction of sp³-hybridized carbons (Fsp3) is 0.348. The maximum Gasteiger partial charge on any atom is 0.251 e. The van der Waals surface area contributed by atoms with E-state index in [1.54, 1.807) is 18.2 Å². The lowest BCUT2D eigenvalue weighted by Crippen LogP contribution is -2.49. The quantitative estimate of drug-likeness (QED) is 0.540. The van der Waals surface area contributed by atoms with Crippen LogP contribution >= 0.6 is 0 Å². The van der Waals surface area contributed by atoms with Crippen LogP contribution in [0, 0.1) is 5.92 Å². The van der Waals surface area contributed by atoms with Crippen LogP contribution in [0.4, 0.5) is 5.69 Å². The van der Waals surface area contributed by atoms with Gasteiger partial charge < -0.3 is 16.0 Å². The number of hydrogen-bond donors (Lipinski definition) is 3. The Morgan fingerprint density at radius 1 is 1.15 bits per heavy atom. The molecule has 0 saturated carbocycles. The number of carbonyl (C=O) groups excluding carboxylic acids is 3. The fourth-order valence-corrected chi connectivity index (χ4v) is 4.70. The van der Waals surface area contributed by atoms with Crippen LogP contribution in [0.5, 0.6) is 0 Å². The van der Waals surface area contributed by atoms with Gasteiger partial charge in [-0.1, -0.05) is 32.0 Å². The van der Waals surface area contributed by atoms with Gasteiger partial charge in [0.1, 0.15) is 0 Å². The van der Waals surface area contributed by atoms with E-state index in [1.807, 2.05) is 19.9 Å². The van der Waals surface area contributed by atoms with Crippen LogP contribution in [-0.2, 0) is 26.2 Å². The average Bonchev–Trinajstić information content (AvgIpc) is 2.82. The van der Waals surface area contributed by atoms with Crippen LogP contribution in [0.15, 0.2) is 53.4 Å². The van der Waals surface area contributed by atoms with E-state index in [4.69, 9.17) is 0 Å². The molecule has 3 N–H and O–H groups in total. The molecule has 1 aliphatic heterocycles. The van der Waals surface area contributed by atoms with Crippen molar-refractivity contribution in [3.63, 3.8) is 0 Å². The molecule has 9 nitrogen and oxygen atoms in total. The van der Waals surface area contributed by atoms with E-state index >= 15 is 0 Å². The highest BCUT2D eigenvalue weighted by Gasteiger charge is 2.29. The molecule has 10 heteroatoms. The van der Waals surface area contributed by atoms with Crippen molar-refractivity contribution in [3.8, 4) is 0 Å². The number of amides is 3. The van der Waals surface area contributed by atoms with E-state index in [0.717, 1.165) is 16.3 Å². The van der Waals surface area contributed by atoms with Gasteiger partial charge in [-0.2, -0.15) is 4.31 Å². The first-order chi connectivity index (χ1) is 15.7. The lowest BCUT2D eigenvalue weighted by Gasteiger charge is -2.26. The molecular formula is C23H28N4O5S. The minimum Gasteiger partial charge on any atom is -0.354 e. The Bertz CT molecular complexity index is 1150. The Morgan fingerprint density at radius 3 is 2.64 bits per heavy atom. The number of hydrogen-bond acceptors (Lipinski definition) is 5. The zero-order valence-electron chi connectivity index (χ0n) is 18.6. The summed E-state index contributed by atoms with van der Waals surface area (Å²) in [6, 6.07) is 12.9. The third kappa shape index (κ3) is 6.17. The SMILES string of the molecule is CCC(C)C(=O)Nc1cccc(CNC(=O)c2cccc(S(=O)(=O)N3CCNC(=O)C3)c2)c1. The van der Waals surface area contributed by atoms with Gasteiger partial charge in [0.25, 0.3) is 5.91 Å². The van der Waals surface area contributed by atoms with Gasteiger partial charge >= 0.3 is 0 Å². The van der Waals surface area contributed by atoms with Gasteiger partial charge in [0, 0.05) is 36.8 Å². The smallest absolute Gasteiger partial charge is 0.251 e. The summed E-state index contributed by atoms with van der Waals surface area (Å²) in [5.74, 6) is -0.960. The largest absolute Gasteiger partial charge is 0.354 e. The highest BCUT2D eigenvalue weighted by molar-refractivity contribution is 7.89. The third-order valence-corrected chi connectivity index (χ3v) is 7.29. The summed E-state index contributed by atoms with van der Waals surface area (Å²) in [5, 5.41) is 8.22. The summed E-state index contributed by atoms with van der Waals surface area (Å²) in [5.41, 5.74) is 1.62. The number of benzene rings is 2. The van der Waals surface area contributed by atoms with Gasteiger partial charge in [0.2, 0.25) is 21.8 Å². The molecule has 1 fully saturated rings. The minimum atomic E-state index is -3.89. The molecule has 1 heterocycles. The van der Waals surface area contributed by atoms with Crippen molar-refractivity contribution >= 4 is 33.4 Å². The van der Waals surface area contributed by atoms with Gasteiger partial charge in [-0.15, -0.1) is 0 Å². The molecule has 0 bridgehead atoms. The first-order valence-corrected chi connectivity index (χ1v) is 12.2. The number of anilines is 1. The van der Waals surface area contributed by atoms with Gasteiger partial charge in [-0.3, -0.25) is 14.4 Å². The van der Waals surface area contributed by atoms with Crippen molar-refractivity contribution in [2.45, 2.75) is 31.7 Å². The molecule has 2 aromatic rings. The number of rotatable bonds is 8. The van der Waals surface area contributed by atoms with Gasteiger partial charge in [0.15, 0.2) is 0 Å². The van der Waals surface area contributed by atoms with Crippen LogP contribution in [0.2, 0.25) is 0 Å². The molecule has 33 heavy (non-hydrogen) atoms. The summed E-state index contributed by atoms with van der Waals surface area (Å²) in [6.07, 6.45) is 0.737. The van der Waals surface area contributed by atoms with E-state index in [1.165, 1.54) is 24.3 Å². The highest BCUT2D eigenvalue weighted by atomic mass is 32.2. The first-order valence-electron chi connectivity index (χ1n) is 10.8.